The van der Waals surface area contributed by atoms with Gasteiger partial charge in [0.15, 0.2) is 0 Å². The molecule has 0 aliphatic heterocycles. The van der Waals surface area contributed by atoms with Crippen molar-refractivity contribution >= 4 is 5.91 Å². The third kappa shape index (κ3) is 2.57. The van der Waals surface area contributed by atoms with E-state index in [4.69, 9.17) is 5.26 Å². The van der Waals surface area contributed by atoms with Crippen LogP contribution in [-0.4, -0.2) is 16.4 Å². The summed E-state index contributed by atoms with van der Waals surface area (Å²) < 4.78 is 0. The fourth-order valence-corrected chi connectivity index (χ4v) is 1.53. The van der Waals surface area contributed by atoms with Gasteiger partial charge in [0, 0.05) is 18.8 Å². The Bertz CT molecular complexity index is 418. The first-order chi connectivity index (χ1) is 7.74. The Kier molecular flexibility index (Phi) is 2.86. The van der Waals surface area contributed by atoms with Gasteiger partial charge in [-0.25, -0.2) is 0 Å². The highest BCUT2D eigenvalue weighted by molar-refractivity contribution is 5.78. The number of rotatable bonds is 4. The van der Waals surface area contributed by atoms with Crippen molar-refractivity contribution in [2.45, 2.75) is 31.2 Å². The summed E-state index contributed by atoms with van der Waals surface area (Å²) in [5, 5.41) is 11.6. The molecule has 1 aliphatic rings. The SMILES string of the molecule is N#CC1(NC(=O)CCc2ccncc2)CC1. The number of hydrogen-bond acceptors (Lipinski definition) is 3. The summed E-state index contributed by atoms with van der Waals surface area (Å²) in [4.78, 5) is 15.5. The van der Waals surface area contributed by atoms with Crippen molar-refractivity contribution in [3.05, 3.63) is 30.1 Å². The van der Waals surface area contributed by atoms with E-state index in [-0.39, 0.29) is 5.91 Å². The van der Waals surface area contributed by atoms with Crippen LogP contribution in [0.5, 0.6) is 0 Å². The minimum absolute atomic E-state index is 0.0455. The molecule has 16 heavy (non-hydrogen) atoms. The summed E-state index contributed by atoms with van der Waals surface area (Å²) in [6, 6.07) is 5.93. The van der Waals surface area contributed by atoms with Gasteiger partial charge in [-0.05, 0) is 37.0 Å². The molecular weight excluding hydrogens is 202 g/mol. The predicted molar refractivity (Wildman–Crippen MR) is 58.3 cm³/mol. The number of hydrogen-bond donors (Lipinski definition) is 1. The van der Waals surface area contributed by atoms with Gasteiger partial charge in [0.25, 0.3) is 0 Å². The lowest BCUT2D eigenvalue weighted by atomic mass is 10.1. The lowest BCUT2D eigenvalue weighted by molar-refractivity contribution is -0.121. The highest BCUT2D eigenvalue weighted by Gasteiger charge is 2.44. The quantitative estimate of drug-likeness (QED) is 0.820. The number of nitrogens with zero attached hydrogens (tertiary/aromatic N) is 2. The molecular formula is C12H13N3O. The lowest BCUT2D eigenvalue weighted by Crippen LogP contribution is -2.35. The second kappa shape index (κ2) is 4.31. The van der Waals surface area contributed by atoms with Crippen molar-refractivity contribution in [1.82, 2.24) is 10.3 Å². The van der Waals surface area contributed by atoms with Gasteiger partial charge >= 0.3 is 0 Å². The van der Waals surface area contributed by atoms with Gasteiger partial charge in [-0.3, -0.25) is 9.78 Å². The van der Waals surface area contributed by atoms with E-state index in [1.54, 1.807) is 12.4 Å². The number of carbonyl (C=O) groups excluding carboxylic acids is 1. The van der Waals surface area contributed by atoms with Crippen LogP contribution < -0.4 is 5.32 Å². The molecule has 0 bridgehead atoms. The number of carbonyl (C=O) groups is 1. The van der Waals surface area contributed by atoms with Gasteiger partial charge < -0.3 is 5.32 Å². The molecule has 4 heteroatoms. The molecule has 1 fully saturated rings. The van der Waals surface area contributed by atoms with Gasteiger partial charge in [0.2, 0.25) is 5.91 Å². The Morgan fingerprint density at radius 2 is 2.19 bits per heavy atom. The highest BCUT2D eigenvalue weighted by Crippen LogP contribution is 2.34. The highest BCUT2D eigenvalue weighted by atomic mass is 16.1. The third-order valence-electron chi connectivity index (χ3n) is 2.73. The van der Waals surface area contributed by atoms with Crippen LogP contribution in [0.4, 0.5) is 0 Å². The molecule has 0 atom stereocenters. The molecule has 1 saturated carbocycles. The predicted octanol–water partition coefficient (Wildman–Crippen LogP) is 1.19. The summed E-state index contributed by atoms with van der Waals surface area (Å²) in [5.41, 5.74) is 0.543. The minimum atomic E-state index is -0.546. The maximum Gasteiger partial charge on any atom is 0.221 e. The standard InChI is InChI=1S/C12H13N3O/c13-9-12(5-6-12)15-11(16)2-1-10-3-7-14-8-4-10/h3-4,7-8H,1-2,5-6H2,(H,15,16). The van der Waals surface area contributed by atoms with E-state index in [9.17, 15) is 4.79 Å². The second-order valence-corrected chi connectivity index (χ2v) is 4.10. The van der Waals surface area contributed by atoms with Crippen molar-refractivity contribution in [3.8, 4) is 6.07 Å². The van der Waals surface area contributed by atoms with Crippen LogP contribution in [-0.2, 0) is 11.2 Å². The summed E-state index contributed by atoms with van der Waals surface area (Å²) >= 11 is 0. The van der Waals surface area contributed by atoms with E-state index in [0.717, 1.165) is 18.4 Å². The van der Waals surface area contributed by atoms with Gasteiger partial charge in [-0.1, -0.05) is 0 Å². The zero-order chi connectivity index (χ0) is 11.4. The molecule has 1 amide bonds. The van der Waals surface area contributed by atoms with Gasteiger partial charge in [0.05, 0.1) is 6.07 Å². The van der Waals surface area contributed by atoms with Crippen LogP contribution in [0.25, 0.3) is 0 Å². The summed E-state index contributed by atoms with van der Waals surface area (Å²) in [7, 11) is 0. The number of aromatic nitrogens is 1. The van der Waals surface area contributed by atoms with Crippen molar-refractivity contribution in [2.75, 3.05) is 0 Å². The maximum absolute atomic E-state index is 11.6. The van der Waals surface area contributed by atoms with Crippen molar-refractivity contribution in [2.24, 2.45) is 0 Å². The van der Waals surface area contributed by atoms with E-state index in [0.29, 0.717) is 12.8 Å². The Morgan fingerprint density at radius 3 is 2.75 bits per heavy atom. The monoisotopic (exact) mass is 215 g/mol. The number of nitrogens with one attached hydrogen (secondary N) is 1. The van der Waals surface area contributed by atoms with E-state index < -0.39 is 5.54 Å². The van der Waals surface area contributed by atoms with E-state index >= 15 is 0 Å². The van der Waals surface area contributed by atoms with E-state index in [1.807, 2.05) is 12.1 Å². The van der Waals surface area contributed by atoms with Crippen LogP contribution in [0, 0.1) is 11.3 Å². The summed E-state index contributed by atoms with van der Waals surface area (Å²) in [6.45, 7) is 0. The smallest absolute Gasteiger partial charge is 0.221 e. The molecule has 1 aliphatic carbocycles. The van der Waals surface area contributed by atoms with Crippen LogP contribution in [0.2, 0.25) is 0 Å². The molecule has 1 aromatic rings. The number of nitriles is 1. The van der Waals surface area contributed by atoms with Crippen LogP contribution in [0.3, 0.4) is 0 Å². The molecule has 82 valence electrons. The van der Waals surface area contributed by atoms with Crippen LogP contribution in [0.15, 0.2) is 24.5 Å². The van der Waals surface area contributed by atoms with E-state index in [1.165, 1.54) is 0 Å². The fraction of sp³-hybridized carbons (Fsp3) is 0.417. The first kappa shape index (κ1) is 10.6. The zero-order valence-corrected chi connectivity index (χ0v) is 8.94. The number of pyridine rings is 1. The van der Waals surface area contributed by atoms with Gasteiger partial charge in [0.1, 0.15) is 5.54 Å². The first-order valence-electron chi connectivity index (χ1n) is 5.35. The fourth-order valence-electron chi connectivity index (χ4n) is 1.53. The maximum atomic E-state index is 11.6. The van der Waals surface area contributed by atoms with E-state index in [2.05, 4.69) is 16.4 Å². The Hall–Kier alpha value is -1.89. The summed E-state index contributed by atoms with van der Waals surface area (Å²) in [5.74, 6) is -0.0455. The average Bonchev–Trinajstić information content (AvgIpc) is 3.08. The Balaban J connectivity index is 1.79. The Labute approximate surface area is 94.3 Å². The number of aryl methyl sites for hydroxylation is 1. The van der Waals surface area contributed by atoms with Crippen molar-refractivity contribution in [1.29, 1.82) is 5.26 Å². The van der Waals surface area contributed by atoms with Crippen LogP contribution >= 0.6 is 0 Å². The molecule has 0 unspecified atom stereocenters. The van der Waals surface area contributed by atoms with Crippen LogP contribution in [0.1, 0.15) is 24.8 Å². The van der Waals surface area contributed by atoms with Crippen molar-refractivity contribution in [3.63, 3.8) is 0 Å². The largest absolute Gasteiger partial charge is 0.338 e. The lowest BCUT2D eigenvalue weighted by Gasteiger charge is -2.08. The average molecular weight is 215 g/mol. The second-order valence-electron chi connectivity index (χ2n) is 4.10. The van der Waals surface area contributed by atoms with Gasteiger partial charge in [-0.2, -0.15) is 5.26 Å². The minimum Gasteiger partial charge on any atom is -0.338 e. The Morgan fingerprint density at radius 1 is 1.50 bits per heavy atom. The zero-order valence-electron chi connectivity index (χ0n) is 8.94. The summed E-state index contributed by atoms with van der Waals surface area (Å²) in [6.07, 6.45) is 6.11. The first-order valence-corrected chi connectivity index (χ1v) is 5.35. The normalized spacial score (nSPS) is 16.2. The molecule has 1 aromatic heterocycles. The number of amides is 1. The molecule has 0 radical (unpaired) electrons. The topological polar surface area (TPSA) is 65.8 Å². The molecule has 1 N–H and O–H groups in total. The van der Waals surface area contributed by atoms with Gasteiger partial charge in [-0.15, -0.1) is 0 Å². The third-order valence-corrected chi connectivity index (χ3v) is 2.73. The molecule has 2 rings (SSSR count). The molecule has 4 nitrogen and oxygen atoms in total. The molecule has 1 heterocycles. The molecule has 0 saturated heterocycles. The molecule has 0 aromatic carbocycles. The van der Waals surface area contributed by atoms with Crippen molar-refractivity contribution < 1.29 is 4.79 Å². The molecule has 0 spiro atoms.